The zero-order valence-electron chi connectivity index (χ0n) is 14.3. The lowest BCUT2D eigenvalue weighted by Gasteiger charge is -2.22. The molecule has 1 amide bonds. The fourth-order valence-electron chi connectivity index (χ4n) is 2.35. The molecule has 0 heterocycles. The number of aliphatic hydroxyl groups is 1. The van der Waals surface area contributed by atoms with Crippen molar-refractivity contribution in [1.82, 2.24) is 4.90 Å². The molecule has 2 aromatic rings. The Labute approximate surface area is 150 Å². The summed E-state index contributed by atoms with van der Waals surface area (Å²) in [6, 6.07) is 13.4. The van der Waals surface area contributed by atoms with E-state index in [9.17, 15) is 20.0 Å². The topological polar surface area (TPSA) is 102 Å². The van der Waals surface area contributed by atoms with E-state index in [4.69, 9.17) is 9.47 Å². The first-order valence-corrected chi connectivity index (χ1v) is 7.93. The number of rotatable bonds is 9. The molecule has 0 radical (unpaired) electrons. The SMILES string of the molecule is COc1cc(OCC(=O)N(CCO)Cc2ccccc2)ccc1[N+](=O)[O-]. The molecule has 0 aromatic heterocycles. The molecule has 0 aliphatic heterocycles. The largest absolute Gasteiger partial charge is 0.490 e. The quantitative estimate of drug-likeness (QED) is 0.542. The van der Waals surface area contributed by atoms with E-state index in [1.165, 1.54) is 30.2 Å². The van der Waals surface area contributed by atoms with E-state index in [1.807, 2.05) is 30.3 Å². The molecule has 0 saturated heterocycles. The van der Waals surface area contributed by atoms with Crippen LogP contribution in [0, 0.1) is 10.1 Å². The van der Waals surface area contributed by atoms with Gasteiger partial charge in [0.1, 0.15) is 5.75 Å². The number of aliphatic hydroxyl groups excluding tert-OH is 1. The van der Waals surface area contributed by atoms with Crippen LogP contribution in [0.2, 0.25) is 0 Å². The van der Waals surface area contributed by atoms with Crippen molar-refractivity contribution in [3.05, 3.63) is 64.2 Å². The number of amides is 1. The summed E-state index contributed by atoms with van der Waals surface area (Å²) in [7, 11) is 1.32. The van der Waals surface area contributed by atoms with Crippen LogP contribution < -0.4 is 9.47 Å². The second-order valence-corrected chi connectivity index (χ2v) is 5.40. The molecule has 138 valence electrons. The Balaban J connectivity index is 2.02. The zero-order chi connectivity index (χ0) is 18.9. The molecule has 0 fully saturated rings. The molecule has 8 heteroatoms. The number of ether oxygens (including phenoxy) is 2. The number of methoxy groups -OCH3 is 1. The van der Waals surface area contributed by atoms with Crippen LogP contribution in [0.25, 0.3) is 0 Å². The van der Waals surface area contributed by atoms with Gasteiger partial charge in [0.2, 0.25) is 5.75 Å². The van der Waals surface area contributed by atoms with Crippen molar-refractivity contribution in [3.8, 4) is 11.5 Å². The number of nitro groups is 1. The van der Waals surface area contributed by atoms with E-state index in [2.05, 4.69) is 0 Å². The van der Waals surface area contributed by atoms with Gasteiger partial charge < -0.3 is 19.5 Å². The van der Waals surface area contributed by atoms with Crippen molar-refractivity contribution < 1.29 is 24.3 Å². The van der Waals surface area contributed by atoms with Gasteiger partial charge in [0.05, 0.1) is 18.6 Å². The first-order chi connectivity index (χ1) is 12.5. The average Bonchev–Trinajstić information content (AvgIpc) is 2.66. The highest BCUT2D eigenvalue weighted by atomic mass is 16.6. The van der Waals surface area contributed by atoms with Gasteiger partial charge in [-0.15, -0.1) is 0 Å². The first-order valence-electron chi connectivity index (χ1n) is 7.93. The summed E-state index contributed by atoms with van der Waals surface area (Å²) in [5, 5.41) is 20.1. The maximum Gasteiger partial charge on any atom is 0.311 e. The molecule has 0 aliphatic rings. The van der Waals surface area contributed by atoms with E-state index in [-0.39, 0.29) is 42.9 Å². The van der Waals surface area contributed by atoms with Crippen molar-refractivity contribution in [2.75, 3.05) is 26.9 Å². The van der Waals surface area contributed by atoms with Gasteiger partial charge in [-0.2, -0.15) is 0 Å². The fourth-order valence-corrected chi connectivity index (χ4v) is 2.35. The lowest BCUT2D eigenvalue weighted by atomic mass is 10.2. The molecule has 26 heavy (non-hydrogen) atoms. The number of hydrogen-bond donors (Lipinski definition) is 1. The highest BCUT2D eigenvalue weighted by Crippen LogP contribution is 2.30. The van der Waals surface area contributed by atoms with Crippen molar-refractivity contribution in [2.24, 2.45) is 0 Å². The molecule has 0 unspecified atom stereocenters. The molecule has 8 nitrogen and oxygen atoms in total. The standard InChI is InChI=1S/C18H20N2O6/c1-25-17-11-15(7-8-16(17)20(23)24)26-13-18(22)19(9-10-21)12-14-5-3-2-4-6-14/h2-8,11,21H,9-10,12-13H2,1H3. The fraction of sp³-hybridized carbons (Fsp3) is 0.278. The molecule has 0 atom stereocenters. The van der Waals surface area contributed by atoms with Gasteiger partial charge in [-0.05, 0) is 11.6 Å². The molecule has 2 rings (SSSR count). The van der Waals surface area contributed by atoms with Crippen LogP contribution in [-0.4, -0.2) is 47.7 Å². The van der Waals surface area contributed by atoms with Crippen molar-refractivity contribution >= 4 is 11.6 Å². The summed E-state index contributed by atoms with van der Waals surface area (Å²) in [6.07, 6.45) is 0. The van der Waals surface area contributed by atoms with E-state index in [0.29, 0.717) is 6.54 Å². The molecular weight excluding hydrogens is 340 g/mol. The number of nitrogens with zero attached hydrogens (tertiary/aromatic N) is 2. The third-order valence-electron chi connectivity index (χ3n) is 3.65. The van der Waals surface area contributed by atoms with Crippen LogP contribution in [0.5, 0.6) is 11.5 Å². The number of nitro benzene ring substituents is 1. The predicted octanol–water partition coefficient (Wildman–Crippen LogP) is 2.00. The summed E-state index contributed by atoms with van der Waals surface area (Å²) in [5.74, 6) is 0.0288. The summed E-state index contributed by atoms with van der Waals surface area (Å²) in [4.78, 5) is 24.2. The Morgan fingerprint density at radius 3 is 2.58 bits per heavy atom. The number of carbonyl (C=O) groups excluding carboxylic acids is 1. The van der Waals surface area contributed by atoms with Crippen LogP contribution in [0.3, 0.4) is 0 Å². The van der Waals surface area contributed by atoms with Gasteiger partial charge in [-0.25, -0.2) is 0 Å². The number of carbonyl (C=O) groups is 1. The van der Waals surface area contributed by atoms with Crippen LogP contribution in [0.4, 0.5) is 5.69 Å². The molecule has 0 aliphatic carbocycles. The highest BCUT2D eigenvalue weighted by molar-refractivity contribution is 5.77. The van der Waals surface area contributed by atoms with E-state index in [0.717, 1.165) is 5.56 Å². The molecule has 1 N–H and O–H groups in total. The summed E-state index contributed by atoms with van der Waals surface area (Å²) >= 11 is 0. The zero-order valence-corrected chi connectivity index (χ0v) is 14.3. The minimum absolute atomic E-state index is 0.0523. The Hall–Kier alpha value is -3.13. The molecule has 0 saturated carbocycles. The molecule has 0 spiro atoms. The van der Waals surface area contributed by atoms with Gasteiger partial charge in [0.15, 0.2) is 6.61 Å². The van der Waals surface area contributed by atoms with Crippen molar-refractivity contribution in [3.63, 3.8) is 0 Å². The Bertz CT molecular complexity index is 751. The van der Waals surface area contributed by atoms with Crippen LogP contribution in [-0.2, 0) is 11.3 Å². The van der Waals surface area contributed by atoms with Crippen LogP contribution in [0.15, 0.2) is 48.5 Å². The Morgan fingerprint density at radius 1 is 1.23 bits per heavy atom. The third kappa shape index (κ3) is 5.18. The predicted molar refractivity (Wildman–Crippen MR) is 94.1 cm³/mol. The lowest BCUT2D eigenvalue weighted by Crippen LogP contribution is -2.36. The monoisotopic (exact) mass is 360 g/mol. The van der Waals surface area contributed by atoms with E-state index < -0.39 is 4.92 Å². The average molecular weight is 360 g/mol. The maximum absolute atomic E-state index is 12.4. The second kappa shape index (κ2) is 9.38. The molecule has 0 bridgehead atoms. The first kappa shape index (κ1) is 19.2. The summed E-state index contributed by atoms with van der Waals surface area (Å²) in [6.45, 7) is 0.117. The number of benzene rings is 2. The summed E-state index contributed by atoms with van der Waals surface area (Å²) < 4.78 is 10.4. The normalized spacial score (nSPS) is 10.2. The van der Waals surface area contributed by atoms with Crippen molar-refractivity contribution in [1.29, 1.82) is 0 Å². The minimum atomic E-state index is -0.559. The van der Waals surface area contributed by atoms with Crippen LogP contribution in [0.1, 0.15) is 5.56 Å². The Kier molecular flexibility index (Phi) is 6.92. The minimum Gasteiger partial charge on any atom is -0.490 e. The number of hydrogen-bond acceptors (Lipinski definition) is 6. The molecular formula is C18H20N2O6. The van der Waals surface area contributed by atoms with Gasteiger partial charge in [-0.3, -0.25) is 14.9 Å². The Morgan fingerprint density at radius 2 is 1.96 bits per heavy atom. The summed E-state index contributed by atoms with van der Waals surface area (Å²) in [5.41, 5.74) is 0.753. The van der Waals surface area contributed by atoms with E-state index >= 15 is 0 Å². The second-order valence-electron chi connectivity index (χ2n) is 5.40. The van der Waals surface area contributed by atoms with Gasteiger partial charge in [0.25, 0.3) is 5.91 Å². The smallest absolute Gasteiger partial charge is 0.311 e. The van der Waals surface area contributed by atoms with Gasteiger partial charge in [-0.1, -0.05) is 30.3 Å². The van der Waals surface area contributed by atoms with Crippen LogP contribution >= 0.6 is 0 Å². The van der Waals surface area contributed by atoms with Gasteiger partial charge in [0, 0.05) is 25.2 Å². The molecule has 2 aromatic carbocycles. The lowest BCUT2D eigenvalue weighted by molar-refractivity contribution is -0.385. The van der Waals surface area contributed by atoms with Gasteiger partial charge >= 0.3 is 5.69 Å². The van der Waals surface area contributed by atoms with E-state index in [1.54, 1.807) is 0 Å². The van der Waals surface area contributed by atoms with Crippen molar-refractivity contribution in [2.45, 2.75) is 6.54 Å². The third-order valence-corrected chi connectivity index (χ3v) is 3.65. The highest BCUT2D eigenvalue weighted by Gasteiger charge is 2.17. The maximum atomic E-state index is 12.4.